The van der Waals surface area contributed by atoms with Crippen molar-refractivity contribution in [3.63, 3.8) is 0 Å². The average molecular weight is 540 g/mol. The lowest BCUT2D eigenvalue weighted by Crippen LogP contribution is -2.40. The predicted octanol–water partition coefficient (Wildman–Crippen LogP) is 2.95. The number of aliphatic imine (C=N–C) groups is 1. The lowest BCUT2D eigenvalue weighted by molar-refractivity contribution is -0.116. The number of ether oxygens (including phenoxy) is 1. The van der Waals surface area contributed by atoms with E-state index in [1.54, 1.807) is 7.11 Å². The molecule has 0 spiro atoms. The van der Waals surface area contributed by atoms with E-state index in [4.69, 9.17) is 9.73 Å². The summed E-state index contributed by atoms with van der Waals surface area (Å²) in [5, 5.41) is 14.3. The van der Waals surface area contributed by atoms with Crippen molar-refractivity contribution >= 4 is 41.5 Å². The van der Waals surface area contributed by atoms with E-state index in [2.05, 4.69) is 34.0 Å². The molecular formula is C22H33IN6O2. The topological polar surface area (TPSA) is 92.6 Å². The smallest absolute Gasteiger partial charge is 0.225 e. The molecule has 170 valence electrons. The van der Waals surface area contributed by atoms with Crippen LogP contribution in [0, 0.1) is 13.8 Å². The second-order valence-corrected chi connectivity index (χ2v) is 7.48. The van der Waals surface area contributed by atoms with Crippen LogP contribution in [0.1, 0.15) is 41.8 Å². The van der Waals surface area contributed by atoms with Gasteiger partial charge in [0.05, 0.1) is 25.4 Å². The van der Waals surface area contributed by atoms with Crippen molar-refractivity contribution in [3.05, 3.63) is 46.8 Å². The Morgan fingerprint density at radius 2 is 2.10 bits per heavy atom. The van der Waals surface area contributed by atoms with Crippen LogP contribution in [-0.2, 0) is 22.6 Å². The highest BCUT2D eigenvalue weighted by Gasteiger charge is 2.24. The van der Waals surface area contributed by atoms with Crippen molar-refractivity contribution in [2.75, 3.05) is 32.1 Å². The van der Waals surface area contributed by atoms with Crippen molar-refractivity contribution in [2.24, 2.45) is 4.99 Å². The van der Waals surface area contributed by atoms with Crippen molar-refractivity contribution in [1.29, 1.82) is 0 Å². The molecule has 9 heteroatoms. The molecular weight excluding hydrogens is 507 g/mol. The van der Waals surface area contributed by atoms with Crippen LogP contribution in [0.25, 0.3) is 0 Å². The monoisotopic (exact) mass is 540 g/mol. The first-order valence-corrected chi connectivity index (χ1v) is 10.5. The number of benzene rings is 1. The summed E-state index contributed by atoms with van der Waals surface area (Å²) >= 11 is 0. The third-order valence-electron chi connectivity index (χ3n) is 5.40. The van der Waals surface area contributed by atoms with Gasteiger partial charge in [-0.15, -0.1) is 24.0 Å². The minimum Gasteiger partial charge on any atom is -0.383 e. The van der Waals surface area contributed by atoms with Gasteiger partial charge in [0.2, 0.25) is 5.91 Å². The lowest BCUT2D eigenvalue weighted by atomic mass is 9.90. The first kappa shape index (κ1) is 25.1. The van der Waals surface area contributed by atoms with Gasteiger partial charge in [0, 0.05) is 49.5 Å². The second-order valence-electron chi connectivity index (χ2n) is 7.48. The van der Waals surface area contributed by atoms with E-state index in [-0.39, 0.29) is 35.8 Å². The minimum atomic E-state index is 0. The van der Waals surface area contributed by atoms with Gasteiger partial charge in [0.15, 0.2) is 5.96 Å². The molecule has 2 heterocycles. The predicted molar refractivity (Wildman–Crippen MR) is 134 cm³/mol. The fourth-order valence-electron chi connectivity index (χ4n) is 3.76. The molecule has 0 aliphatic carbocycles. The SMILES string of the molecule is CCNC(=NCc1c(C)nn(CCOC)c1C)NCC1CC(=O)Nc2ccccc21.I. The van der Waals surface area contributed by atoms with E-state index in [1.807, 2.05) is 36.7 Å². The van der Waals surface area contributed by atoms with E-state index in [0.29, 0.717) is 26.1 Å². The maximum Gasteiger partial charge on any atom is 0.225 e. The molecule has 1 aromatic carbocycles. The fraction of sp³-hybridized carbons (Fsp3) is 0.500. The Balaban J connectivity index is 0.00000341. The van der Waals surface area contributed by atoms with Gasteiger partial charge in [-0.1, -0.05) is 18.2 Å². The highest BCUT2D eigenvalue weighted by atomic mass is 127. The molecule has 8 nitrogen and oxygen atoms in total. The van der Waals surface area contributed by atoms with Crippen molar-refractivity contribution < 1.29 is 9.53 Å². The molecule has 2 aromatic rings. The second kappa shape index (κ2) is 12.0. The molecule has 1 atom stereocenters. The molecule has 3 rings (SSSR count). The Morgan fingerprint density at radius 3 is 2.84 bits per heavy atom. The zero-order chi connectivity index (χ0) is 21.5. The summed E-state index contributed by atoms with van der Waals surface area (Å²) in [6.45, 7) is 9.43. The normalized spacial score (nSPS) is 15.7. The van der Waals surface area contributed by atoms with Crippen LogP contribution < -0.4 is 16.0 Å². The van der Waals surface area contributed by atoms with Gasteiger partial charge < -0.3 is 20.7 Å². The Morgan fingerprint density at radius 1 is 1.32 bits per heavy atom. The quantitative estimate of drug-likeness (QED) is 0.272. The van der Waals surface area contributed by atoms with Gasteiger partial charge in [-0.25, -0.2) is 4.99 Å². The van der Waals surface area contributed by atoms with E-state index < -0.39 is 0 Å². The lowest BCUT2D eigenvalue weighted by Gasteiger charge is -2.26. The number of aryl methyl sites for hydroxylation is 1. The number of halogens is 1. The zero-order valence-electron chi connectivity index (χ0n) is 18.7. The number of amides is 1. The van der Waals surface area contributed by atoms with Crippen LogP contribution >= 0.6 is 24.0 Å². The number of methoxy groups -OCH3 is 1. The van der Waals surface area contributed by atoms with E-state index >= 15 is 0 Å². The molecule has 1 aliphatic heterocycles. The van der Waals surface area contributed by atoms with E-state index in [9.17, 15) is 4.79 Å². The van der Waals surface area contributed by atoms with E-state index in [0.717, 1.165) is 47.3 Å². The standard InChI is InChI=1S/C22H32N6O2.HI/c1-5-23-22(25-14-19-15(2)27-28(16(19)3)10-11-30-4)24-13-17-12-21(29)26-20-9-7-6-8-18(17)20;/h6-9,17H,5,10-14H2,1-4H3,(H,26,29)(H2,23,24,25);1H. The summed E-state index contributed by atoms with van der Waals surface area (Å²) in [6.07, 6.45) is 0.466. The van der Waals surface area contributed by atoms with Crippen LogP contribution in [0.5, 0.6) is 0 Å². The molecule has 0 radical (unpaired) electrons. The molecule has 0 bridgehead atoms. The number of fused-ring (bicyclic) bond motifs is 1. The number of hydrogen-bond donors (Lipinski definition) is 3. The molecule has 0 saturated heterocycles. The first-order chi connectivity index (χ1) is 14.5. The van der Waals surface area contributed by atoms with Crippen LogP contribution in [0.4, 0.5) is 5.69 Å². The average Bonchev–Trinajstić information content (AvgIpc) is 3.00. The van der Waals surface area contributed by atoms with Crippen LogP contribution in [0.2, 0.25) is 0 Å². The molecule has 0 fully saturated rings. The zero-order valence-corrected chi connectivity index (χ0v) is 21.0. The van der Waals surface area contributed by atoms with Gasteiger partial charge in [-0.3, -0.25) is 9.48 Å². The Labute approximate surface area is 201 Å². The van der Waals surface area contributed by atoms with Gasteiger partial charge in [0.1, 0.15) is 0 Å². The van der Waals surface area contributed by atoms with Gasteiger partial charge >= 0.3 is 0 Å². The third-order valence-corrected chi connectivity index (χ3v) is 5.40. The van der Waals surface area contributed by atoms with Gasteiger partial charge in [-0.05, 0) is 32.4 Å². The van der Waals surface area contributed by atoms with Crippen molar-refractivity contribution in [3.8, 4) is 0 Å². The number of nitrogens with zero attached hydrogens (tertiary/aromatic N) is 3. The van der Waals surface area contributed by atoms with Gasteiger partial charge in [-0.2, -0.15) is 5.10 Å². The highest BCUT2D eigenvalue weighted by molar-refractivity contribution is 14.0. The number of hydrogen-bond acceptors (Lipinski definition) is 4. The van der Waals surface area contributed by atoms with E-state index in [1.165, 1.54) is 0 Å². The Kier molecular flexibility index (Phi) is 9.76. The number of aromatic nitrogens is 2. The summed E-state index contributed by atoms with van der Waals surface area (Å²) in [5.41, 5.74) is 5.29. The number of nitrogens with one attached hydrogen (secondary N) is 3. The summed E-state index contributed by atoms with van der Waals surface area (Å²) in [7, 11) is 1.69. The molecule has 0 saturated carbocycles. The van der Waals surface area contributed by atoms with Crippen LogP contribution in [0.3, 0.4) is 0 Å². The van der Waals surface area contributed by atoms with Crippen molar-refractivity contribution in [2.45, 2.75) is 46.2 Å². The molecule has 31 heavy (non-hydrogen) atoms. The fourth-order valence-corrected chi connectivity index (χ4v) is 3.76. The number of carbonyl (C=O) groups excluding carboxylic acids is 1. The summed E-state index contributed by atoms with van der Waals surface area (Å²) < 4.78 is 7.14. The first-order valence-electron chi connectivity index (χ1n) is 10.5. The Hall–Kier alpha value is -2.14. The molecule has 1 amide bonds. The minimum absolute atomic E-state index is 0. The summed E-state index contributed by atoms with van der Waals surface area (Å²) in [5.74, 6) is 0.903. The number of rotatable bonds is 8. The Bertz CT molecular complexity index is 911. The maximum absolute atomic E-state index is 12.1. The third kappa shape index (κ3) is 6.42. The summed E-state index contributed by atoms with van der Waals surface area (Å²) in [4.78, 5) is 16.8. The molecule has 1 unspecified atom stereocenters. The molecule has 3 N–H and O–H groups in total. The van der Waals surface area contributed by atoms with Gasteiger partial charge in [0.25, 0.3) is 0 Å². The number of para-hydroxylation sites is 1. The maximum atomic E-state index is 12.1. The number of anilines is 1. The van der Waals surface area contributed by atoms with Crippen LogP contribution in [0.15, 0.2) is 29.3 Å². The number of carbonyl (C=O) groups is 1. The number of guanidine groups is 1. The van der Waals surface area contributed by atoms with Crippen molar-refractivity contribution in [1.82, 2.24) is 20.4 Å². The molecule has 1 aromatic heterocycles. The largest absolute Gasteiger partial charge is 0.383 e. The molecule has 1 aliphatic rings. The van der Waals surface area contributed by atoms with Crippen LogP contribution in [-0.4, -0.2) is 48.5 Å². The highest BCUT2D eigenvalue weighted by Crippen LogP contribution is 2.31. The summed E-state index contributed by atoms with van der Waals surface area (Å²) in [6, 6.07) is 7.98.